The zero-order valence-electron chi connectivity index (χ0n) is 11.4. The molecule has 0 unspecified atom stereocenters. The first-order valence-electron chi connectivity index (χ1n) is 5.52. The summed E-state index contributed by atoms with van der Waals surface area (Å²) in [4.78, 5) is 11.7. The van der Waals surface area contributed by atoms with Crippen molar-refractivity contribution in [2.45, 2.75) is 19.9 Å². The molecule has 4 nitrogen and oxygen atoms in total. The summed E-state index contributed by atoms with van der Waals surface area (Å²) in [7, 11) is 2.65. The molecule has 0 saturated carbocycles. The average Bonchev–Trinajstić information content (AvgIpc) is 2.37. The quantitative estimate of drug-likeness (QED) is 0.866. The summed E-state index contributed by atoms with van der Waals surface area (Å²) < 4.78 is 23.6. The molecule has 2 N–H and O–H groups in total. The maximum absolute atomic E-state index is 14.1. The van der Waals surface area contributed by atoms with Crippen molar-refractivity contribution in [2.24, 2.45) is 11.1 Å². The van der Waals surface area contributed by atoms with Crippen LogP contribution < -0.4 is 10.5 Å². The van der Waals surface area contributed by atoms with E-state index in [0.717, 1.165) is 0 Å². The van der Waals surface area contributed by atoms with Gasteiger partial charge in [0.15, 0.2) is 11.6 Å². The van der Waals surface area contributed by atoms with Crippen LogP contribution in [0.3, 0.4) is 0 Å². The third-order valence-corrected chi connectivity index (χ3v) is 3.04. The second-order valence-corrected chi connectivity index (χ2v) is 4.55. The van der Waals surface area contributed by atoms with Crippen molar-refractivity contribution < 1.29 is 18.7 Å². The highest BCUT2D eigenvalue weighted by Gasteiger charge is 2.38. The van der Waals surface area contributed by atoms with Gasteiger partial charge in [-0.1, -0.05) is 12.1 Å². The second-order valence-electron chi connectivity index (χ2n) is 4.55. The molecule has 6 heteroatoms. The van der Waals surface area contributed by atoms with Gasteiger partial charge >= 0.3 is 5.97 Å². The minimum absolute atomic E-state index is 0. The number of esters is 1. The van der Waals surface area contributed by atoms with E-state index in [-0.39, 0.29) is 23.7 Å². The Morgan fingerprint density at radius 3 is 2.42 bits per heavy atom. The highest BCUT2D eigenvalue weighted by Crippen LogP contribution is 2.35. The Morgan fingerprint density at radius 2 is 1.95 bits per heavy atom. The fourth-order valence-electron chi connectivity index (χ4n) is 1.70. The lowest BCUT2D eigenvalue weighted by Crippen LogP contribution is -2.37. The van der Waals surface area contributed by atoms with Gasteiger partial charge in [-0.3, -0.25) is 4.79 Å². The molecule has 0 amide bonds. The predicted octanol–water partition coefficient (Wildman–Crippen LogP) is 2.46. The molecule has 0 radical (unpaired) electrons. The fourth-order valence-corrected chi connectivity index (χ4v) is 1.70. The molecule has 0 aliphatic heterocycles. The minimum Gasteiger partial charge on any atom is -0.494 e. The summed E-state index contributed by atoms with van der Waals surface area (Å²) in [6, 6.07) is 3.84. The highest BCUT2D eigenvalue weighted by atomic mass is 35.5. The van der Waals surface area contributed by atoms with Crippen molar-refractivity contribution in [1.29, 1.82) is 0 Å². The lowest BCUT2D eigenvalue weighted by Gasteiger charge is -2.29. The Morgan fingerprint density at radius 1 is 1.37 bits per heavy atom. The first kappa shape index (κ1) is 17.7. The largest absolute Gasteiger partial charge is 0.494 e. The molecule has 1 aromatic rings. The molecule has 0 aliphatic rings. The molecular formula is C13H19ClFNO3. The van der Waals surface area contributed by atoms with E-state index < -0.39 is 23.2 Å². The number of hydrogen-bond acceptors (Lipinski definition) is 4. The Labute approximate surface area is 118 Å². The van der Waals surface area contributed by atoms with Gasteiger partial charge in [-0.15, -0.1) is 12.4 Å². The molecule has 0 spiro atoms. The van der Waals surface area contributed by atoms with Crippen LogP contribution in [0.2, 0.25) is 0 Å². The van der Waals surface area contributed by atoms with Gasteiger partial charge in [-0.05, 0) is 19.9 Å². The van der Waals surface area contributed by atoms with Crippen LogP contribution in [0.25, 0.3) is 0 Å². The molecule has 0 fully saturated rings. The maximum Gasteiger partial charge on any atom is 0.313 e. The predicted molar refractivity (Wildman–Crippen MR) is 72.9 cm³/mol. The smallest absolute Gasteiger partial charge is 0.313 e. The molecule has 19 heavy (non-hydrogen) atoms. The molecule has 0 bridgehead atoms. The second kappa shape index (κ2) is 6.73. The van der Waals surface area contributed by atoms with Gasteiger partial charge in [0, 0.05) is 11.6 Å². The lowest BCUT2D eigenvalue weighted by atomic mass is 9.81. The van der Waals surface area contributed by atoms with Gasteiger partial charge in [0.05, 0.1) is 19.6 Å². The number of methoxy groups -OCH3 is 2. The van der Waals surface area contributed by atoms with E-state index in [1.54, 1.807) is 19.9 Å². The molecule has 0 heterocycles. The van der Waals surface area contributed by atoms with Gasteiger partial charge < -0.3 is 15.2 Å². The molecule has 108 valence electrons. The number of rotatable bonds is 4. The van der Waals surface area contributed by atoms with E-state index in [9.17, 15) is 9.18 Å². The molecule has 0 aliphatic carbocycles. The molecule has 1 rings (SSSR count). The first-order chi connectivity index (χ1) is 8.36. The first-order valence-corrected chi connectivity index (χ1v) is 5.52. The van der Waals surface area contributed by atoms with Crippen LogP contribution in [-0.2, 0) is 9.53 Å². The Kier molecular flexibility index (Phi) is 6.25. The third-order valence-electron chi connectivity index (χ3n) is 3.04. The summed E-state index contributed by atoms with van der Waals surface area (Å²) in [5, 5.41) is 0. The summed E-state index contributed by atoms with van der Waals surface area (Å²) in [5.74, 6) is -0.940. The van der Waals surface area contributed by atoms with Gasteiger partial charge in [0.25, 0.3) is 0 Å². The summed E-state index contributed by atoms with van der Waals surface area (Å²) >= 11 is 0. The number of halogens is 2. The van der Waals surface area contributed by atoms with Crippen molar-refractivity contribution in [2.75, 3.05) is 14.2 Å². The topological polar surface area (TPSA) is 61.5 Å². The van der Waals surface area contributed by atoms with Crippen molar-refractivity contribution in [3.05, 3.63) is 29.6 Å². The van der Waals surface area contributed by atoms with Crippen LogP contribution in [0.4, 0.5) is 4.39 Å². The van der Waals surface area contributed by atoms with Gasteiger partial charge in [-0.25, -0.2) is 4.39 Å². The zero-order valence-corrected chi connectivity index (χ0v) is 12.2. The van der Waals surface area contributed by atoms with E-state index >= 15 is 0 Å². The maximum atomic E-state index is 14.1. The summed E-state index contributed by atoms with van der Waals surface area (Å²) in [5.41, 5.74) is 5.18. The van der Waals surface area contributed by atoms with Gasteiger partial charge in [0.1, 0.15) is 0 Å². The molecule has 0 aromatic heterocycles. The van der Waals surface area contributed by atoms with E-state index in [1.165, 1.54) is 26.4 Å². The normalized spacial score (nSPS) is 12.3. The molecule has 1 aromatic carbocycles. The Hall–Kier alpha value is -1.33. The number of ether oxygens (including phenoxy) is 2. The van der Waals surface area contributed by atoms with E-state index in [4.69, 9.17) is 10.5 Å². The van der Waals surface area contributed by atoms with Gasteiger partial charge in [-0.2, -0.15) is 0 Å². The SMILES string of the molecule is COC(=O)C(C)(C)[C@@H](N)c1cccc(OC)c1F.Cl. The Bertz CT molecular complexity index is 452. The van der Waals surface area contributed by atoms with Crippen molar-refractivity contribution in [1.82, 2.24) is 0 Å². The van der Waals surface area contributed by atoms with Crippen molar-refractivity contribution in [3.63, 3.8) is 0 Å². The number of benzene rings is 1. The van der Waals surface area contributed by atoms with Crippen LogP contribution in [0.15, 0.2) is 18.2 Å². The monoisotopic (exact) mass is 291 g/mol. The number of carbonyl (C=O) groups is 1. The van der Waals surface area contributed by atoms with Crippen LogP contribution in [0.5, 0.6) is 5.75 Å². The zero-order chi connectivity index (χ0) is 13.9. The van der Waals surface area contributed by atoms with Crippen molar-refractivity contribution >= 4 is 18.4 Å². The van der Waals surface area contributed by atoms with Crippen LogP contribution in [0, 0.1) is 11.2 Å². The summed E-state index contributed by atoms with van der Waals surface area (Å²) in [6.45, 7) is 3.23. The highest BCUT2D eigenvalue weighted by molar-refractivity contribution is 5.85. The van der Waals surface area contributed by atoms with Crippen LogP contribution in [-0.4, -0.2) is 20.2 Å². The van der Waals surface area contributed by atoms with E-state index in [2.05, 4.69) is 4.74 Å². The molecule has 0 saturated heterocycles. The average molecular weight is 292 g/mol. The third kappa shape index (κ3) is 3.36. The van der Waals surface area contributed by atoms with E-state index in [0.29, 0.717) is 0 Å². The Balaban J connectivity index is 0.00000324. The van der Waals surface area contributed by atoms with E-state index in [1.807, 2.05) is 0 Å². The lowest BCUT2D eigenvalue weighted by molar-refractivity contribution is -0.152. The summed E-state index contributed by atoms with van der Waals surface area (Å²) in [6.07, 6.45) is 0. The fraction of sp³-hybridized carbons (Fsp3) is 0.462. The number of hydrogen-bond donors (Lipinski definition) is 1. The van der Waals surface area contributed by atoms with Crippen LogP contribution >= 0.6 is 12.4 Å². The minimum atomic E-state index is -1.03. The number of nitrogens with two attached hydrogens (primary N) is 1. The molecule has 1 atom stereocenters. The van der Waals surface area contributed by atoms with Gasteiger partial charge in [0.2, 0.25) is 0 Å². The molecular weight excluding hydrogens is 273 g/mol. The standard InChI is InChI=1S/C13H18FNO3.ClH/c1-13(2,12(16)18-4)11(15)8-6-5-7-9(17-3)10(8)14;/h5-7,11H,15H2,1-4H3;1H/t11-;/m0./s1. The van der Waals surface area contributed by atoms with Crippen LogP contribution in [0.1, 0.15) is 25.5 Å². The van der Waals surface area contributed by atoms with Crippen molar-refractivity contribution in [3.8, 4) is 5.75 Å². The number of carbonyl (C=O) groups excluding carboxylic acids is 1.